The first-order chi connectivity index (χ1) is 8.54. The van der Waals surface area contributed by atoms with Crippen molar-refractivity contribution < 1.29 is 0 Å². The molecule has 1 fully saturated rings. The van der Waals surface area contributed by atoms with Crippen LogP contribution >= 0.6 is 0 Å². The number of aromatic nitrogens is 2. The van der Waals surface area contributed by atoms with Crippen LogP contribution in [0.2, 0.25) is 0 Å². The SMILES string of the molecule is Cc1nnc(N2CCC(C)C(N)C2)c(C#N)c1C. The third kappa shape index (κ3) is 2.16. The first-order valence-electron chi connectivity index (χ1n) is 6.29. The Labute approximate surface area is 108 Å². The average Bonchev–Trinajstić information content (AvgIpc) is 2.36. The minimum Gasteiger partial charge on any atom is -0.352 e. The lowest BCUT2D eigenvalue weighted by molar-refractivity contribution is 0.377. The van der Waals surface area contributed by atoms with Gasteiger partial charge in [0.05, 0.1) is 5.69 Å². The van der Waals surface area contributed by atoms with Crippen LogP contribution in [0, 0.1) is 31.1 Å². The molecule has 2 unspecified atom stereocenters. The number of hydrogen-bond acceptors (Lipinski definition) is 5. The van der Waals surface area contributed by atoms with Gasteiger partial charge < -0.3 is 10.6 Å². The zero-order valence-electron chi connectivity index (χ0n) is 11.1. The molecule has 5 nitrogen and oxygen atoms in total. The summed E-state index contributed by atoms with van der Waals surface area (Å²) in [5.41, 5.74) is 8.44. The molecule has 2 N–H and O–H groups in total. The Kier molecular flexibility index (Phi) is 3.48. The van der Waals surface area contributed by atoms with Gasteiger partial charge in [-0.15, -0.1) is 5.10 Å². The van der Waals surface area contributed by atoms with E-state index in [2.05, 4.69) is 28.1 Å². The van der Waals surface area contributed by atoms with Crippen LogP contribution in [0.1, 0.15) is 30.2 Å². The van der Waals surface area contributed by atoms with E-state index in [-0.39, 0.29) is 6.04 Å². The lowest BCUT2D eigenvalue weighted by Crippen LogP contribution is -2.48. The topological polar surface area (TPSA) is 78.8 Å². The Balaban J connectivity index is 2.35. The smallest absolute Gasteiger partial charge is 0.169 e. The van der Waals surface area contributed by atoms with E-state index in [1.807, 2.05) is 13.8 Å². The summed E-state index contributed by atoms with van der Waals surface area (Å²) in [5.74, 6) is 1.20. The van der Waals surface area contributed by atoms with Crippen molar-refractivity contribution in [2.24, 2.45) is 11.7 Å². The van der Waals surface area contributed by atoms with Gasteiger partial charge in [-0.2, -0.15) is 10.4 Å². The number of piperidine rings is 1. The molecule has 0 amide bonds. The number of nitriles is 1. The second-order valence-electron chi connectivity index (χ2n) is 5.10. The van der Waals surface area contributed by atoms with E-state index in [0.717, 1.165) is 30.8 Å². The summed E-state index contributed by atoms with van der Waals surface area (Å²) in [4.78, 5) is 2.09. The van der Waals surface area contributed by atoms with Gasteiger partial charge in [0, 0.05) is 19.1 Å². The van der Waals surface area contributed by atoms with Gasteiger partial charge in [0.15, 0.2) is 5.82 Å². The fourth-order valence-corrected chi connectivity index (χ4v) is 2.24. The predicted molar refractivity (Wildman–Crippen MR) is 70.2 cm³/mol. The number of hydrogen-bond donors (Lipinski definition) is 1. The summed E-state index contributed by atoms with van der Waals surface area (Å²) >= 11 is 0. The maximum Gasteiger partial charge on any atom is 0.169 e. The van der Waals surface area contributed by atoms with Crippen LogP contribution in [0.15, 0.2) is 0 Å². The Morgan fingerprint density at radius 2 is 2.11 bits per heavy atom. The highest BCUT2D eigenvalue weighted by Crippen LogP contribution is 2.25. The minimum absolute atomic E-state index is 0.133. The molecule has 0 bridgehead atoms. The van der Waals surface area contributed by atoms with E-state index in [0.29, 0.717) is 17.3 Å². The zero-order chi connectivity index (χ0) is 13.3. The highest BCUT2D eigenvalue weighted by molar-refractivity contribution is 5.57. The summed E-state index contributed by atoms with van der Waals surface area (Å²) in [7, 11) is 0. The normalized spacial score (nSPS) is 23.8. The summed E-state index contributed by atoms with van der Waals surface area (Å²) in [6.45, 7) is 7.59. The zero-order valence-corrected chi connectivity index (χ0v) is 11.1. The van der Waals surface area contributed by atoms with Gasteiger partial charge in [0.1, 0.15) is 11.6 Å². The van der Waals surface area contributed by atoms with Crippen molar-refractivity contribution in [2.75, 3.05) is 18.0 Å². The molecule has 1 aromatic heterocycles. The van der Waals surface area contributed by atoms with Gasteiger partial charge in [0.25, 0.3) is 0 Å². The monoisotopic (exact) mass is 245 g/mol. The van der Waals surface area contributed by atoms with Crippen molar-refractivity contribution in [3.05, 3.63) is 16.8 Å². The molecule has 2 atom stereocenters. The molecule has 1 aromatic rings. The van der Waals surface area contributed by atoms with Crippen molar-refractivity contribution in [3.8, 4) is 6.07 Å². The first kappa shape index (κ1) is 12.8. The van der Waals surface area contributed by atoms with Crippen molar-refractivity contribution in [3.63, 3.8) is 0 Å². The summed E-state index contributed by atoms with van der Waals surface area (Å²) in [5, 5.41) is 17.6. The Bertz CT molecular complexity index is 491. The maximum absolute atomic E-state index is 9.30. The Morgan fingerprint density at radius 1 is 1.39 bits per heavy atom. The number of nitrogens with two attached hydrogens (primary N) is 1. The van der Waals surface area contributed by atoms with Crippen molar-refractivity contribution >= 4 is 5.82 Å². The number of aryl methyl sites for hydroxylation is 1. The Morgan fingerprint density at radius 3 is 2.72 bits per heavy atom. The Hall–Kier alpha value is -1.67. The second kappa shape index (κ2) is 4.91. The third-order valence-electron chi connectivity index (χ3n) is 3.86. The summed E-state index contributed by atoms with van der Waals surface area (Å²) < 4.78 is 0. The van der Waals surface area contributed by atoms with Crippen molar-refractivity contribution in [1.29, 1.82) is 5.26 Å². The highest BCUT2D eigenvalue weighted by atomic mass is 15.3. The van der Waals surface area contributed by atoms with Crippen LogP contribution in [-0.4, -0.2) is 29.3 Å². The van der Waals surface area contributed by atoms with E-state index in [1.54, 1.807) is 0 Å². The standard InChI is InChI=1S/C13H19N5/c1-8-4-5-18(7-12(8)15)13-11(6-14)9(2)10(3)16-17-13/h8,12H,4-5,7,15H2,1-3H3. The van der Waals surface area contributed by atoms with Crippen LogP contribution in [0.5, 0.6) is 0 Å². The number of anilines is 1. The van der Waals surface area contributed by atoms with Gasteiger partial charge in [-0.3, -0.25) is 0 Å². The van der Waals surface area contributed by atoms with Crippen LogP contribution in [0.25, 0.3) is 0 Å². The molecule has 0 aliphatic carbocycles. The molecule has 5 heteroatoms. The second-order valence-corrected chi connectivity index (χ2v) is 5.10. The van der Waals surface area contributed by atoms with Crippen molar-refractivity contribution in [2.45, 2.75) is 33.2 Å². The van der Waals surface area contributed by atoms with Gasteiger partial charge >= 0.3 is 0 Å². The molecule has 1 aliphatic heterocycles. The van der Waals surface area contributed by atoms with Gasteiger partial charge in [-0.25, -0.2) is 0 Å². The fraction of sp³-hybridized carbons (Fsp3) is 0.615. The molecule has 18 heavy (non-hydrogen) atoms. The average molecular weight is 245 g/mol. The largest absolute Gasteiger partial charge is 0.352 e. The third-order valence-corrected chi connectivity index (χ3v) is 3.86. The molecule has 0 radical (unpaired) electrons. The quantitative estimate of drug-likeness (QED) is 0.802. The van der Waals surface area contributed by atoms with E-state index >= 15 is 0 Å². The van der Waals surface area contributed by atoms with E-state index in [1.165, 1.54) is 0 Å². The van der Waals surface area contributed by atoms with Crippen LogP contribution in [0.4, 0.5) is 5.82 Å². The summed E-state index contributed by atoms with van der Waals surface area (Å²) in [6.07, 6.45) is 1.03. The van der Waals surface area contributed by atoms with Crippen LogP contribution in [-0.2, 0) is 0 Å². The molecular formula is C13H19N5. The number of nitrogens with zero attached hydrogens (tertiary/aromatic N) is 4. The molecule has 1 saturated heterocycles. The van der Waals surface area contributed by atoms with Crippen LogP contribution in [0.3, 0.4) is 0 Å². The molecular weight excluding hydrogens is 226 g/mol. The fourth-order valence-electron chi connectivity index (χ4n) is 2.24. The van der Waals surface area contributed by atoms with Gasteiger partial charge in [-0.05, 0) is 31.7 Å². The van der Waals surface area contributed by atoms with E-state index in [9.17, 15) is 5.26 Å². The summed E-state index contributed by atoms with van der Waals surface area (Å²) in [6, 6.07) is 2.38. The molecule has 96 valence electrons. The minimum atomic E-state index is 0.133. The highest BCUT2D eigenvalue weighted by Gasteiger charge is 2.26. The van der Waals surface area contributed by atoms with E-state index in [4.69, 9.17) is 5.73 Å². The predicted octanol–water partition coefficient (Wildman–Crippen LogP) is 1.14. The lowest BCUT2D eigenvalue weighted by atomic mass is 9.94. The van der Waals surface area contributed by atoms with Gasteiger partial charge in [-0.1, -0.05) is 6.92 Å². The van der Waals surface area contributed by atoms with Crippen LogP contribution < -0.4 is 10.6 Å². The number of rotatable bonds is 1. The first-order valence-corrected chi connectivity index (χ1v) is 6.29. The molecule has 0 spiro atoms. The van der Waals surface area contributed by atoms with E-state index < -0.39 is 0 Å². The van der Waals surface area contributed by atoms with Gasteiger partial charge in [0.2, 0.25) is 0 Å². The molecule has 2 heterocycles. The maximum atomic E-state index is 9.30. The van der Waals surface area contributed by atoms with Crippen molar-refractivity contribution in [1.82, 2.24) is 10.2 Å². The molecule has 2 rings (SSSR count). The lowest BCUT2D eigenvalue weighted by Gasteiger charge is -2.36. The molecule has 0 saturated carbocycles. The molecule has 0 aromatic carbocycles. The molecule has 1 aliphatic rings.